The van der Waals surface area contributed by atoms with Crippen molar-refractivity contribution < 1.29 is 4.79 Å². The van der Waals surface area contributed by atoms with Crippen LogP contribution >= 0.6 is 11.3 Å². The molecule has 2 atom stereocenters. The number of hydrogen-bond donors (Lipinski definition) is 1. The van der Waals surface area contributed by atoms with Crippen molar-refractivity contribution in [2.24, 2.45) is 5.92 Å². The third-order valence-electron chi connectivity index (χ3n) is 5.91. The molecular formula is C21H21N5O2S. The number of benzene rings is 1. The van der Waals surface area contributed by atoms with Gasteiger partial charge in [0.2, 0.25) is 11.0 Å². The maximum atomic E-state index is 12.8. The first-order valence-corrected chi connectivity index (χ1v) is 10.5. The van der Waals surface area contributed by atoms with E-state index in [0.717, 1.165) is 40.4 Å². The number of anilines is 1. The molecule has 0 radical (unpaired) electrons. The van der Waals surface area contributed by atoms with Gasteiger partial charge in [-0.2, -0.15) is 0 Å². The molecule has 2 aliphatic heterocycles. The van der Waals surface area contributed by atoms with Crippen LogP contribution in [0.2, 0.25) is 0 Å². The zero-order chi connectivity index (χ0) is 20.1. The molecule has 1 amide bonds. The second-order valence-electron chi connectivity index (χ2n) is 7.86. The number of nitrogen functional groups attached to an aromatic ring is 1. The minimum absolute atomic E-state index is 0.0319. The summed E-state index contributed by atoms with van der Waals surface area (Å²) in [6.45, 7) is 3.74. The summed E-state index contributed by atoms with van der Waals surface area (Å²) in [5.41, 5.74) is 9.57. The molecule has 7 nitrogen and oxygen atoms in total. The van der Waals surface area contributed by atoms with Gasteiger partial charge in [-0.05, 0) is 29.5 Å². The van der Waals surface area contributed by atoms with Crippen LogP contribution in [0, 0.1) is 5.92 Å². The molecule has 4 heterocycles. The Kier molecular flexibility index (Phi) is 4.24. The first-order chi connectivity index (χ1) is 14.0. The largest absolute Gasteiger partial charge is 0.374 e. The van der Waals surface area contributed by atoms with Gasteiger partial charge in [-0.25, -0.2) is 0 Å². The van der Waals surface area contributed by atoms with Crippen LogP contribution in [0.5, 0.6) is 0 Å². The molecule has 0 spiro atoms. The number of hydrogen-bond acceptors (Lipinski definition) is 6. The molecule has 2 bridgehead atoms. The van der Waals surface area contributed by atoms with Crippen molar-refractivity contribution in [2.75, 3.05) is 18.8 Å². The lowest BCUT2D eigenvalue weighted by Crippen LogP contribution is -2.48. The lowest BCUT2D eigenvalue weighted by Gasteiger charge is -2.42. The van der Waals surface area contributed by atoms with Crippen molar-refractivity contribution in [3.05, 3.63) is 52.4 Å². The second-order valence-corrected chi connectivity index (χ2v) is 8.87. The standard InChI is InChI=1S/C21H21N5O2S/c1-12(27)25-9-13-6-17(11-25)18-7-16(8-19(28)26(18)10-13)14-2-4-15(5-3-14)20-23-24-21(22)29-20/h2-5,7-8,13,17H,6,9-11H2,1H3,(H2,22,24)/t13-,17+/m0/s1. The Balaban J connectivity index is 1.50. The summed E-state index contributed by atoms with van der Waals surface area (Å²) in [4.78, 5) is 26.7. The second kappa shape index (κ2) is 6.81. The van der Waals surface area contributed by atoms with Crippen LogP contribution in [0.15, 0.2) is 41.2 Å². The smallest absolute Gasteiger partial charge is 0.251 e. The first-order valence-electron chi connectivity index (χ1n) is 9.68. The summed E-state index contributed by atoms with van der Waals surface area (Å²) in [5.74, 6) is 0.676. The Labute approximate surface area is 171 Å². The van der Waals surface area contributed by atoms with Crippen LogP contribution < -0.4 is 11.3 Å². The number of fused-ring (bicyclic) bond motifs is 4. The summed E-state index contributed by atoms with van der Waals surface area (Å²) in [6, 6.07) is 11.8. The molecule has 0 saturated carbocycles. The molecule has 1 fully saturated rings. The summed E-state index contributed by atoms with van der Waals surface area (Å²) >= 11 is 1.35. The number of carbonyl (C=O) groups is 1. The topological polar surface area (TPSA) is 94.1 Å². The fourth-order valence-electron chi connectivity index (χ4n) is 4.54. The van der Waals surface area contributed by atoms with Crippen LogP contribution in [-0.2, 0) is 11.3 Å². The van der Waals surface area contributed by atoms with Gasteiger partial charge in [0.15, 0.2) is 0 Å². The van der Waals surface area contributed by atoms with Gasteiger partial charge in [-0.3, -0.25) is 9.59 Å². The zero-order valence-electron chi connectivity index (χ0n) is 16.0. The fraction of sp³-hybridized carbons (Fsp3) is 0.333. The number of rotatable bonds is 2. The Morgan fingerprint density at radius 1 is 1.07 bits per heavy atom. The molecule has 2 N–H and O–H groups in total. The molecule has 0 aliphatic carbocycles. The molecule has 29 heavy (non-hydrogen) atoms. The average Bonchev–Trinajstić information content (AvgIpc) is 3.15. The number of amides is 1. The summed E-state index contributed by atoms with van der Waals surface area (Å²) in [7, 11) is 0. The maximum absolute atomic E-state index is 12.8. The van der Waals surface area contributed by atoms with Gasteiger partial charge in [-0.15, -0.1) is 10.2 Å². The van der Waals surface area contributed by atoms with E-state index >= 15 is 0 Å². The molecular weight excluding hydrogens is 386 g/mol. The third-order valence-corrected chi connectivity index (χ3v) is 6.71. The van der Waals surface area contributed by atoms with Gasteiger partial charge >= 0.3 is 0 Å². The highest BCUT2D eigenvalue weighted by molar-refractivity contribution is 7.18. The molecule has 2 aromatic heterocycles. The van der Waals surface area contributed by atoms with E-state index in [2.05, 4.69) is 16.3 Å². The van der Waals surface area contributed by atoms with E-state index < -0.39 is 0 Å². The Bertz CT molecular complexity index is 1150. The molecule has 8 heteroatoms. The van der Waals surface area contributed by atoms with Crippen molar-refractivity contribution in [1.29, 1.82) is 0 Å². The minimum Gasteiger partial charge on any atom is -0.374 e. The number of likely N-dealkylation sites (tertiary alicyclic amines) is 1. The first kappa shape index (κ1) is 18.1. The lowest BCUT2D eigenvalue weighted by atomic mass is 9.82. The summed E-state index contributed by atoms with van der Waals surface area (Å²) in [6.07, 6.45) is 1.03. The molecule has 148 valence electrons. The SMILES string of the molecule is CC(=O)N1C[C@@H]2C[C@H](C1)c1cc(-c3ccc(-c4nnc(N)s4)cc3)cc(=O)n1C2. The van der Waals surface area contributed by atoms with Crippen LogP contribution in [0.4, 0.5) is 5.13 Å². The predicted octanol–water partition coefficient (Wildman–Crippen LogP) is 2.58. The van der Waals surface area contributed by atoms with Crippen molar-refractivity contribution in [1.82, 2.24) is 19.7 Å². The Morgan fingerprint density at radius 3 is 2.52 bits per heavy atom. The lowest BCUT2D eigenvalue weighted by molar-refractivity contribution is -0.131. The van der Waals surface area contributed by atoms with E-state index in [-0.39, 0.29) is 17.4 Å². The minimum atomic E-state index is 0.0319. The van der Waals surface area contributed by atoms with Crippen LogP contribution in [-0.4, -0.2) is 38.7 Å². The zero-order valence-corrected chi connectivity index (χ0v) is 16.9. The van der Waals surface area contributed by atoms with Gasteiger partial charge in [0.05, 0.1) is 0 Å². The highest BCUT2D eigenvalue weighted by Crippen LogP contribution is 2.37. The van der Waals surface area contributed by atoms with Gasteiger partial charge in [0.25, 0.3) is 5.56 Å². The van der Waals surface area contributed by atoms with Crippen molar-refractivity contribution in [3.63, 3.8) is 0 Å². The Morgan fingerprint density at radius 2 is 1.83 bits per heavy atom. The van der Waals surface area contributed by atoms with Crippen LogP contribution in [0.25, 0.3) is 21.7 Å². The van der Waals surface area contributed by atoms with E-state index in [1.54, 1.807) is 13.0 Å². The Hall–Kier alpha value is -3.00. The van der Waals surface area contributed by atoms with Gasteiger partial charge in [0, 0.05) is 49.8 Å². The molecule has 2 aliphatic rings. The number of piperidine rings is 1. The van der Waals surface area contributed by atoms with E-state index in [1.165, 1.54) is 11.3 Å². The number of nitrogens with zero attached hydrogens (tertiary/aromatic N) is 4. The normalized spacial score (nSPS) is 20.4. The summed E-state index contributed by atoms with van der Waals surface area (Å²) < 4.78 is 1.90. The monoisotopic (exact) mass is 407 g/mol. The average molecular weight is 407 g/mol. The quantitative estimate of drug-likeness (QED) is 0.705. The third kappa shape index (κ3) is 3.23. The molecule has 1 aromatic carbocycles. The maximum Gasteiger partial charge on any atom is 0.251 e. The van der Waals surface area contributed by atoms with E-state index in [4.69, 9.17) is 5.73 Å². The highest BCUT2D eigenvalue weighted by Gasteiger charge is 2.35. The van der Waals surface area contributed by atoms with Crippen LogP contribution in [0.3, 0.4) is 0 Å². The number of carbonyl (C=O) groups excluding carboxylic acids is 1. The van der Waals surface area contributed by atoms with Crippen molar-refractivity contribution in [2.45, 2.75) is 25.8 Å². The molecule has 0 unspecified atom stereocenters. The van der Waals surface area contributed by atoms with Crippen molar-refractivity contribution >= 4 is 22.4 Å². The highest BCUT2D eigenvalue weighted by atomic mass is 32.1. The van der Waals surface area contributed by atoms with Gasteiger partial charge in [-0.1, -0.05) is 35.6 Å². The van der Waals surface area contributed by atoms with Crippen LogP contribution in [0.1, 0.15) is 25.0 Å². The van der Waals surface area contributed by atoms with Gasteiger partial charge in [0.1, 0.15) is 5.01 Å². The predicted molar refractivity (Wildman–Crippen MR) is 113 cm³/mol. The molecule has 5 rings (SSSR count). The molecule has 1 saturated heterocycles. The van der Waals surface area contributed by atoms with E-state index in [0.29, 0.717) is 24.1 Å². The van der Waals surface area contributed by atoms with E-state index in [9.17, 15) is 9.59 Å². The number of aromatic nitrogens is 3. The number of nitrogens with two attached hydrogens (primary N) is 1. The summed E-state index contributed by atoms with van der Waals surface area (Å²) in [5, 5.41) is 9.15. The fourth-order valence-corrected chi connectivity index (χ4v) is 5.15. The van der Waals surface area contributed by atoms with E-state index in [1.807, 2.05) is 33.7 Å². The molecule has 3 aromatic rings. The van der Waals surface area contributed by atoms with Crippen molar-refractivity contribution in [3.8, 4) is 21.7 Å². The number of pyridine rings is 1. The van der Waals surface area contributed by atoms with Gasteiger partial charge < -0.3 is 15.2 Å².